The van der Waals surface area contributed by atoms with Crippen molar-refractivity contribution in [3.05, 3.63) is 54.0 Å². The van der Waals surface area contributed by atoms with Crippen LogP contribution in [-0.2, 0) is 11.3 Å². The lowest BCUT2D eigenvalue weighted by Gasteiger charge is -2.15. The Balaban J connectivity index is 1.46. The molecule has 3 aromatic rings. The third kappa shape index (κ3) is 8.00. The number of anilines is 1. The molecule has 4 rings (SSSR count). The zero-order chi connectivity index (χ0) is 30.3. The number of nitrogens with one attached hydrogen (secondary N) is 1. The van der Waals surface area contributed by atoms with Gasteiger partial charge in [-0.1, -0.05) is 0 Å². The van der Waals surface area contributed by atoms with Crippen molar-refractivity contribution in [3.63, 3.8) is 0 Å². The highest BCUT2D eigenvalue weighted by atomic mass is 19.4. The molecule has 1 aliphatic rings. The minimum atomic E-state index is -4.59. The van der Waals surface area contributed by atoms with Crippen LogP contribution in [0.15, 0.2) is 47.7 Å². The Hall–Kier alpha value is -4.59. The van der Waals surface area contributed by atoms with Gasteiger partial charge < -0.3 is 29.0 Å². The highest BCUT2D eigenvalue weighted by Gasteiger charge is 2.30. The topological polar surface area (TPSA) is 118 Å². The first kappa shape index (κ1) is 30.4. The number of alkyl halides is 3. The molecular formula is C28H30F3N5O6. The predicted octanol–water partition coefficient (Wildman–Crippen LogP) is 5.44. The average Bonchev–Trinajstić information content (AvgIpc) is 3.71. The molecule has 1 aromatic carbocycles. The SMILES string of the molecule is C=Nc1cc(OC)c(OC)cc1/C(=C\C)Oc1ccc(NC(=O)c2nn(CCOC3CC3)cc2OCC(F)(F)F)nc1. The molecule has 1 fully saturated rings. The molecule has 42 heavy (non-hydrogen) atoms. The summed E-state index contributed by atoms with van der Waals surface area (Å²) in [6.45, 7) is 4.36. The lowest BCUT2D eigenvalue weighted by Crippen LogP contribution is -2.21. The van der Waals surface area contributed by atoms with E-state index >= 15 is 0 Å². The first-order chi connectivity index (χ1) is 20.1. The number of hydrogen-bond acceptors (Lipinski definition) is 9. The fourth-order valence-corrected chi connectivity index (χ4v) is 3.77. The zero-order valence-corrected chi connectivity index (χ0v) is 23.2. The van der Waals surface area contributed by atoms with Crippen LogP contribution in [0.3, 0.4) is 0 Å². The van der Waals surface area contributed by atoms with Gasteiger partial charge in [0, 0.05) is 11.6 Å². The predicted molar refractivity (Wildman–Crippen MR) is 148 cm³/mol. The van der Waals surface area contributed by atoms with Gasteiger partial charge in [-0.05, 0) is 50.8 Å². The molecule has 0 saturated heterocycles. The number of aliphatic imine (C=N–C) groups is 1. The summed E-state index contributed by atoms with van der Waals surface area (Å²) in [5, 5.41) is 6.63. The van der Waals surface area contributed by atoms with Gasteiger partial charge in [-0.15, -0.1) is 0 Å². The molecule has 2 aromatic heterocycles. The lowest BCUT2D eigenvalue weighted by molar-refractivity contribution is -0.153. The van der Waals surface area contributed by atoms with Crippen LogP contribution >= 0.6 is 0 Å². The lowest BCUT2D eigenvalue weighted by atomic mass is 10.1. The van der Waals surface area contributed by atoms with Gasteiger partial charge in [0.05, 0.1) is 51.6 Å². The van der Waals surface area contributed by atoms with Crippen LogP contribution in [0.4, 0.5) is 24.7 Å². The van der Waals surface area contributed by atoms with Crippen LogP contribution in [-0.4, -0.2) is 67.1 Å². The molecule has 11 nitrogen and oxygen atoms in total. The fraction of sp³-hybridized carbons (Fsp3) is 0.357. The number of pyridine rings is 1. The Bertz CT molecular complexity index is 1440. The van der Waals surface area contributed by atoms with Crippen LogP contribution in [0.25, 0.3) is 5.76 Å². The molecule has 1 aliphatic carbocycles. The number of benzene rings is 1. The number of ether oxygens (including phenoxy) is 5. The van der Waals surface area contributed by atoms with Gasteiger partial charge in [-0.3, -0.25) is 14.5 Å². The summed E-state index contributed by atoms with van der Waals surface area (Å²) in [5.41, 5.74) is 0.772. The van der Waals surface area contributed by atoms with E-state index in [0.29, 0.717) is 40.9 Å². The van der Waals surface area contributed by atoms with Gasteiger partial charge in [0.1, 0.15) is 17.3 Å². The molecule has 1 amide bonds. The van der Waals surface area contributed by atoms with E-state index < -0.39 is 18.7 Å². The van der Waals surface area contributed by atoms with Crippen molar-refractivity contribution in [2.24, 2.45) is 4.99 Å². The Morgan fingerprint density at radius 3 is 2.52 bits per heavy atom. The summed E-state index contributed by atoms with van der Waals surface area (Å²) in [5.74, 6) is 0.716. The van der Waals surface area contributed by atoms with Gasteiger partial charge in [-0.2, -0.15) is 18.3 Å². The number of carbonyl (C=O) groups is 1. The molecule has 14 heteroatoms. The van der Waals surface area contributed by atoms with E-state index in [0.717, 1.165) is 12.8 Å². The van der Waals surface area contributed by atoms with Crippen molar-refractivity contribution < 1.29 is 41.7 Å². The Morgan fingerprint density at radius 2 is 1.93 bits per heavy atom. The zero-order valence-electron chi connectivity index (χ0n) is 23.2. The van der Waals surface area contributed by atoms with Gasteiger partial charge in [0.2, 0.25) is 0 Å². The molecular weight excluding hydrogens is 559 g/mol. The van der Waals surface area contributed by atoms with E-state index in [2.05, 4.69) is 27.1 Å². The minimum Gasteiger partial charge on any atom is -0.493 e. The Kier molecular flexibility index (Phi) is 9.68. The number of carbonyl (C=O) groups excluding carboxylic acids is 1. The summed E-state index contributed by atoms with van der Waals surface area (Å²) >= 11 is 0. The maximum absolute atomic E-state index is 12.9. The van der Waals surface area contributed by atoms with Crippen molar-refractivity contribution in [1.29, 1.82) is 0 Å². The van der Waals surface area contributed by atoms with E-state index in [4.69, 9.17) is 23.7 Å². The molecule has 0 spiro atoms. The monoisotopic (exact) mass is 589 g/mol. The second-order valence-electron chi connectivity index (χ2n) is 9.05. The normalized spacial score (nSPS) is 13.4. The third-order valence-electron chi connectivity index (χ3n) is 5.94. The molecule has 0 radical (unpaired) electrons. The molecule has 1 saturated carbocycles. The number of nitrogens with zero attached hydrogens (tertiary/aromatic N) is 4. The highest BCUT2D eigenvalue weighted by Crippen LogP contribution is 2.38. The molecule has 1 N–H and O–H groups in total. The largest absolute Gasteiger partial charge is 0.493 e. The van der Waals surface area contributed by atoms with Crippen molar-refractivity contribution in [2.45, 2.75) is 38.6 Å². The quantitative estimate of drug-likeness (QED) is 0.195. The Labute approximate surface area is 239 Å². The van der Waals surface area contributed by atoms with Crippen LogP contribution in [0.1, 0.15) is 35.8 Å². The molecule has 224 valence electrons. The number of allylic oxidation sites excluding steroid dienone is 1. The summed E-state index contributed by atoms with van der Waals surface area (Å²) < 4.78 is 66.8. The highest BCUT2D eigenvalue weighted by molar-refractivity contribution is 6.04. The van der Waals surface area contributed by atoms with Crippen LogP contribution < -0.4 is 24.3 Å². The van der Waals surface area contributed by atoms with Crippen LogP contribution in [0.5, 0.6) is 23.0 Å². The van der Waals surface area contributed by atoms with Gasteiger partial charge >= 0.3 is 6.18 Å². The van der Waals surface area contributed by atoms with Gasteiger partial charge in [-0.25, -0.2) is 4.98 Å². The molecule has 0 unspecified atom stereocenters. The molecule has 0 atom stereocenters. The van der Waals surface area contributed by atoms with Gasteiger partial charge in [0.15, 0.2) is 29.5 Å². The standard InChI is InChI=1S/C28H30F3N5O6/c1-5-21(19-12-22(38-3)23(39-4)13-20(19)32-2)42-18-8-9-25(33-14-18)34-27(37)26-24(41-16-28(29,30)31)15-36(35-26)10-11-40-17-6-7-17/h5,8-9,12-15,17H,2,6-7,10-11,16H2,1,3-4H3,(H,33,34,37)/b21-5+. The molecule has 0 bridgehead atoms. The summed E-state index contributed by atoms with van der Waals surface area (Å²) in [7, 11) is 3.02. The number of amides is 1. The third-order valence-corrected chi connectivity index (χ3v) is 5.94. The minimum absolute atomic E-state index is 0.113. The van der Waals surface area contributed by atoms with Crippen molar-refractivity contribution in [2.75, 3.05) is 32.8 Å². The number of hydrogen-bond donors (Lipinski definition) is 1. The first-order valence-electron chi connectivity index (χ1n) is 12.9. The van der Waals surface area contributed by atoms with E-state index in [1.54, 1.807) is 31.2 Å². The number of aromatic nitrogens is 3. The van der Waals surface area contributed by atoms with Crippen molar-refractivity contribution >= 4 is 29.9 Å². The van der Waals surface area contributed by atoms with Crippen LogP contribution in [0.2, 0.25) is 0 Å². The number of methoxy groups -OCH3 is 2. The van der Waals surface area contributed by atoms with E-state index in [1.165, 1.54) is 37.4 Å². The van der Waals surface area contributed by atoms with Crippen LogP contribution in [0, 0.1) is 0 Å². The van der Waals surface area contributed by atoms with E-state index in [-0.39, 0.29) is 29.9 Å². The second kappa shape index (κ2) is 13.4. The maximum Gasteiger partial charge on any atom is 0.422 e. The maximum atomic E-state index is 12.9. The van der Waals surface area contributed by atoms with Crippen molar-refractivity contribution in [3.8, 4) is 23.0 Å². The summed E-state index contributed by atoms with van der Waals surface area (Å²) in [6.07, 6.45) is 1.89. The Morgan fingerprint density at radius 1 is 1.19 bits per heavy atom. The second-order valence-corrected chi connectivity index (χ2v) is 9.05. The summed E-state index contributed by atoms with van der Waals surface area (Å²) in [6, 6.07) is 6.40. The van der Waals surface area contributed by atoms with Gasteiger partial charge in [0.25, 0.3) is 5.91 Å². The summed E-state index contributed by atoms with van der Waals surface area (Å²) in [4.78, 5) is 21.2. The van der Waals surface area contributed by atoms with E-state index in [9.17, 15) is 18.0 Å². The molecule has 0 aliphatic heterocycles. The smallest absolute Gasteiger partial charge is 0.422 e. The van der Waals surface area contributed by atoms with E-state index in [1.807, 2.05) is 0 Å². The number of rotatable bonds is 14. The number of halogens is 3. The first-order valence-corrected chi connectivity index (χ1v) is 12.9. The van der Waals surface area contributed by atoms with Crippen molar-refractivity contribution in [1.82, 2.24) is 14.8 Å². The molecule has 2 heterocycles. The fourth-order valence-electron chi connectivity index (χ4n) is 3.77. The average molecular weight is 590 g/mol.